The second-order valence-corrected chi connectivity index (χ2v) is 6.26. The van der Waals surface area contributed by atoms with Gasteiger partial charge in [0.1, 0.15) is 5.76 Å². The Balaban J connectivity index is 1.74. The average Bonchev–Trinajstić information content (AvgIpc) is 2.96. The monoisotopic (exact) mass is 328 g/mol. The van der Waals surface area contributed by atoms with Gasteiger partial charge in [-0.25, -0.2) is 4.98 Å². The van der Waals surface area contributed by atoms with Crippen LogP contribution in [0.3, 0.4) is 0 Å². The van der Waals surface area contributed by atoms with Crippen LogP contribution >= 0.6 is 0 Å². The van der Waals surface area contributed by atoms with Gasteiger partial charge in [-0.15, -0.1) is 0 Å². The van der Waals surface area contributed by atoms with Gasteiger partial charge in [0, 0.05) is 12.1 Å². The van der Waals surface area contributed by atoms with E-state index in [0.29, 0.717) is 37.1 Å². The molecular weight excluding hydrogens is 304 g/mol. The normalized spacial score (nSPS) is 18.0. The Morgan fingerprint density at radius 2 is 2.08 bits per heavy atom. The molecule has 1 unspecified atom stereocenters. The first-order valence-electron chi connectivity index (χ1n) is 8.51. The molecule has 2 aromatic rings. The van der Waals surface area contributed by atoms with Gasteiger partial charge in [0.15, 0.2) is 0 Å². The second kappa shape index (κ2) is 7.18. The van der Waals surface area contributed by atoms with E-state index in [0.717, 1.165) is 12.0 Å². The molecule has 0 radical (unpaired) electrons. The van der Waals surface area contributed by atoms with Crippen molar-refractivity contribution in [1.82, 2.24) is 9.88 Å². The topological polar surface area (TPSA) is 55.6 Å². The number of oxazole rings is 1. The van der Waals surface area contributed by atoms with Crippen LogP contribution in [-0.2, 0) is 22.4 Å². The van der Waals surface area contributed by atoms with Crippen LogP contribution in [0.1, 0.15) is 30.9 Å². The molecule has 0 N–H and O–H groups in total. The van der Waals surface area contributed by atoms with E-state index in [1.807, 2.05) is 30.9 Å². The van der Waals surface area contributed by atoms with Crippen LogP contribution in [0.5, 0.6) is 0 Å². The number of hydrogen-bond acceptors (Lipinski definition) is 4. The quantitative estimate of drug-likeness (QED) is 0.866. The molecule has 5 heteroatoms. The van der Waals surface area contributed by atoms with E-state index in [2.05, 4.69) is 24.0 Å². The molecule has 1 atom stereocenters. The predicted molar refractivity (Wildman–Crippen MR) is 91.8 cm³/mol. The summed E-state index contributed by atoms with van der Waals surface area (Å²) in [5.74, 6) is 1.36. The van der Waals surface area contributed by atoms with Crippen LogP contribution in [0.2, 0.25) is 0 Å². The van der Waals surface area contributed by atoms with Crippen LogP contribution in [0, 0.1) is 6.92 Å². The Hall–Kier alpha value is -2.14. The van der Waals surface area contributed by atoms with Crippen LogP contribution in [0.15, 0.2) is 28.7 Å². The van der Waals surface area contributed by atoms with Crippen LogP contribution in [0.4, 0.5) is 0 Å². The van der Waals surface area contributed by atoms with Crippen molar-refractivity contribution in [1.29, 1.82) is 0 Å². The van der Waals surface area contributed by atoms with Gasteiger partial charge < -0.3 is 14.1 Å². The number of benzene rings is 1. The number of aryl methyl sites for hydroxylation is 2. The molecule has 0 saturated carbocycles. The molecule has 0 spiro atoms. The molecule has 1 aliphatic heterocycles. The standard InChI is InChI=1S/C19H24N2O3/c1-4-15-5-7-16(8-6-15)19-20-17(14(3)24-19)11-18(22)21-9-10-23-12-13(21)2/h5-8,13H,4,9-12H2,1-3H3. The number of rotatable bonds is 4. The molecule has 1 aromatic carbocycles. The first kappa shape index (κ1) is 16.7. The maximum atomic E-state index is 12.5. The molecule has 3 rings (SSSR count). The highest BCUT2D eigenvalue weighted by molar-refractivity contribution is 5.79. The van der Waals surface area contributed by atoms with Crippen molar-refractivity contribution in [2.45, 2.75) is 39.7 Å². The summed E-state index contributed by atoms with van der Waals surface area (Å²) in [5.41, 5.74) is 2.93. The van der Waals surface area contributed by atoms with Crippen LogP contribution in [0.25, 0.3) is 11.5 Å². The summed E-state index contributed by atoms with van der Waals surface area (Å²) < 4.78 is 11.2. The zero-order valence-electron chi connectivity index (χ0n) is 14.5. The summed E-state index contributed by atoms with van der Waals surface area (Å²) in [6.45, 7) is 7.83. The van der Waals surface area contributed by atoms with Gasteiger partial charge in [-0.3, -0.25) is 4.79 Å². The van der Waals surface area contributed by atoms with Gasteiger partial charge in [0.05, 0.1) is 31.4 Å². The van der Waals surface area contributed by atoms with Crippen molar-refractivity contribution in [3.63, 3.8) is 0 Å². The number of amides is 1. The fourth-order valence-electron chi connectivity index (χ4n) is 2.94. The molecule has 1 amide bonds. The number of hydrogen-bond donors (Lipinski definition) is 0. The molecule has 24 heavy (non-hydrogen) atoms. The first-order chi connectivity index (χ1) is 11.6. The lowest BCUT2D eigenvalue weighted by molar-refractivity contribution is -0.138. The number of carbonyl (C=O) groups is 1. The summed E-state index contributed by atoms with van der Waals surface area (Å²) in [4.78, 5) is 19.0. The Morgan fingerprint density at radius 3 is 2.75 bits per heavy atom. The maximum Gasteiger partial charge on any atom is 0.229 e. The third-order valence-electron chi connectivity index (χ3n) is 4.51. The lowest BCUT2D eigenvalue weighted by Gasteiger charge is -2.33. The van der Waals surface area contributed by atoms with Gasteiger partial charge in [-0.2, -0.15) is 0 Å². The number of aromatic nitrogens is 1. The molecule has 5 nitrogen and oxygen atoms in total. The fourth-order valence-corrected chi connectivity index (χ4v) is 2.94. The van der Waals surface area contributed by atoms with Gasteiger partial charge in [0.2, 0.25) is 11.8 Å². The largest absolute Gasteiger partial charge is 0.441 e. The fraction of sp³-hybridized carbons (Fsp3) is 0.474. The zero-order valence-corrected chi connectivity index (χ0v) is 14.5. The van der Waals surface area contributed by atoms with E-state index in [1.165, 1.54) is 5.56 Å². The molecule has 1 saturated heterocycles. The Morgan fingerprint density at radius 1 is 1.33 bits per heavy atom. The molecule has 1 aliphatic rings. The molecule has 1 aromatic heterocycles. The summed E-state index contributed by atoms with van der Waals surface area (Å²) in [5, 5.41) is 0. The Labute approximate surface area is 142 Å². The van der Waals surface area contributed by atoms with E-state index in [4.69, 9.17) is 9.15 Å². The molecule has 0 bridgehead atoms. The van der Waals surface area contributed by atoms with Crippen molar-refractivity contribution in [3.05, 3.63) is 41.3 Å². The van der Waals surface area contributed by atoms with E-state index in [9.17, 15) is 4.79 Å². The zero-order chi connectivity index (χ0) is 17.1. The lowest BCUT2D eigenvalue weighted by Crippen LogP contribution is -2.47. The predicted octanol–water partition coefficient (Wildman–Crippen LogP) is 3.00. The van der Waals surface area contributed by atoms with Gasteiger partial charge in [-0.1, -0.05) is 19.1 Å². The van der Waals surface area contributed by atoms with Crippen molar-refractivity contribution in [2.24, 2.45) is 0 Å². The van der Waals surface area contributed by atoms with Crippen molar-refractivity contribution < 1.29 is 13.9 Å². The Bertz CT molecular complexity index is 706. The minimum atomic E-state index is 0.0788. The van der Waals surface area contributed by atoms with E-state index in [1.54, 1.807) is 0 Å². The summed E-state index contributed by atoms with van der Waals surface area (Å²) in [7, 11) is 0. The molecule has 128 valence electrons. The highest BCUT2D eigenvalue weighted by atomic mass is 16.5. The van der Waals surface area contributed by atoms with Crippen molar-refractivity contribution in [2.75, 3.05) is 19.8 Å². The smallest absolute Gasteiger partial charge is 0.229 e. The van der Waals surface area contributed by atoms with E-state index in [-0.39, 0.29) is 18.4 Å². The second-order valence-electron chi connectivity index (χ2n) is 6.26. The van der Waals surface area contributed by atoms with Gasteiger partial charge >= 0.3 is 0 Å². The maximum absolute atomic E-state index is 12.5. The summed E-state index contributed by atoms with van der Waals surface area (Å²) >= 11 is 0. The molecular formula is C19H24N2O3. The van der Waals surface area contributed by atoms with Crippen molar-refractivity contribution in [3.8, 4) is 11.5 Å². The summed E-state index contributed by atoms with van der Waals surface area (Å²) in [6.07, 6.45) is 1.27. The lowest BCUT2D eigenvalue weighted by atomic mass is 10.1. The van der Waals surface area contributed by atoms with Crippen LogP contribution in [-0.4, -0.2) is 41.6 Å². The van der Waals surface area contributed by atoms with Crippen LogP contribution < -0.4 is 0 Å². The number of nitrogens with zero attached hydrogens (tertiary/aromatic N) is 2. The van der Waals surface area contributed by atoms with E-state index < -0.39 is 0 Å². The molecule has 1 fully saturated rings. The van der Waals surface area contributed by atoms with Gasteiger partial charge in [0.25, 0.3) is 0 Å². The SMILES string of the molecule is CCc1ccc(-c2nc(CC(=O)N3CCOCC3C)c(C)o2)cc1. The number of ether oxygens (including phenoxy) is 1. The van der Waals surface area contributed by atoms with Crippen molar-refractivity contribution >= 4 is 5.91 Å². The summed E-state index contributed by atoms with van der Waals surface area (Å²) in [6, 6.07) is 8.29. The third kappa shape index (κ3) is 3.51. The molecule has 2 heterocycles. The number of carbonyl (C=O) groups excluding carboxylic acids is 1. The first-order valence-corrected chi connectivity index (χ1v) is 8.51. The minimum Gasteiger partial charge on any atom is -0.441 e. The highest BCUT2D eigenvalue weighted by Gasteiger charge is 2.25. The van der Waals surface area contributed by atoms with E-state index >= 15 is 0 Å². The number of morpholine rings is 1. The molecule has 0 aliphatic carbocycles. The Kier molecular flexibility index (Phi) is 5.00. The minimum absolute atomic E-state index is 0.0788. The third-order valence-corrected chi connectivity index (χ3v) is 4.51. The highest BCUT2D eigenvalue weighted by Crippen LogP contribution is 2.23. The van der Waals surface area contributed by atoms with Gasteiger partial charge in [-0.05, 0) is 38.0 Å². The average molecular weight is 328 g/mol.